The predicted octanol–water partition coefficient (Wildman–Crippen LogP) is 3.34. The molecule has 1 aliphatic carbocycles. The molecule has 21 heavy (non-hydrogen) atoms. The number of benzene rings is 1. The van der Waals surface area contributed by atoms with Crippen molar-refractivity contribution in [1.29, 1.82) is 0 Å². The van der Waals surface area contributed by atoms with Gasteiger partial charge in [-0.2, -0.15) is 0 Å². The lowest BCUT2D eigenvalue weighted by Gasteiger charge is -2.21. The minimum Gasteiger partial charge on any atom is -0.392 e. The Labute approximate surface area is 135 Å². The first-order valence-electron chi connectivity index (χ1n) is 6.97. The molecular formula is C14H19Cl2NO3S. The molecule has 1 aromatic carbocycles. The number of aliphatic hydroxyl groups is 1. The maximum Gasteiger partial charge on any atom is 0.242 e. The summed E-state index contributed by atoms with van der Waals surface area (Å²) in [4.78, 5) is -0.0394. The van der Waals surface area contributed by atoms with Gasteiger partial charge in [-0.3, -0.25) is 0 Å². The lowest BCUT2D eigenvalue weighted by atomic mass is 10.0. The molecule has 0 saturated heterocycles. The second kappa shape index (κ2) is 6.84. The maximum atomic E-state index is 12.5. The molecule has 118 valence electrons. The van der Waals surface area contributed by atoms with Crippen molar-refractivity contribution in [3.05, 3.63) is 27.7 Å². The summed E-state index contributed by atoms with van der Waals surface area (Å²) in [6, 6.07) is 2.67. The van der Waals surface area contributed by atoms with Crippen molar-refractivity contribution in [2.75, 3.05) is 0 Å². The number of aliphatic hydroxyl groups excluding tert-OH is 1. The van der Waals surface area contributed by atoms with Crippen LogP contribution in [-0.2, 0) is 16.6 Å². The van der Waals surface area contributed by atoms with Crippen molar-refractivity contribution < 1.29 is 13.5 Å². The highest BCUT2D eigenvalue weighted by molar-refractivity contribution is 7.89. The molecule has 1 unspecified atom stereocenters. The number of hydrogen-bond acceptors (Lipinski definition) is 3. The van der Waals surface area contributed by atoms with Gasteiger partial charge in [-0.1, -0.05) is 36.0 Å². The topological polar surface area (TPSA) is 66.4 Å². The van der Waals surface area contributed by atoms with Gasteiger partial charge in [-0.05, 0) is 37.8 Å². The largest absolute Gasteiger partial charge is 0.392 e. The van der Waals surface area contributed by atoms with E-state index >= 15 is 0 Å². The van der Waals surface area contributed by atoms with Crippen LogP contribution in [0.25, 0.3) is 0 Å². The molecular weight excluding hydrogens is 333 g/mol. The first-order valence-corrected chi connectivity index (χ1v) is 9.20. The molecule has 4 nitrogen and oxygen atoms in total. The van der Waals surface area contributed by atoms with Gasteiger partial charge in [0.1, 0.15) is 4.90 Å². The van der Waals surface area contributed by atoms with E-state index in [1.54, 1.807) is 0 Å². The summed E-state index contributed by atoms with van der Waals surface area (Å²) in [7, 11) is -3.73. The molecule has 0 radical (unpaired) electrons. The zero-order valence-electron chi connectivity index (χ0n) is 11.8. The molecule has 0 amide bonds. The van der Waals surface area contributed by atoms with Crippen LogP contribution in [0.5, 0.6) is 0 Å². The summed E-state index contributed by atoms with van der Waals surface area (Å²) in [5.74, 6) is 0.364. The Hall–Kier alpha value is -0.330. The summed E-state index contributed by atoms with van der Waals surface area (Å²) in [5.41, 5.74) is 0.231. The molecule has 0 spiro atoms. The van der Waals surface area contributed by atoms with Crippen LogP contribution >= 0.6 is 23.2 Å². The summed E-state index contributed by atoms with van der Waals surface area (Å²) in [6.07, 6.45) is 4.38. The van der Waals surface area contributed by atoms with Gasteiger partial charge in [0, 0.05) is 16.6 Å². The molecule has 1 saturated carbocycles. The fourth-order valence-electron chi connectivity index (χ4n) is 2.79. The van der Waals surface area contributed by atoms with E-state index in [-0.39, 0.29) is 26.5 Å². The van der Waals surface area contributed by atoms with E-state index < -0.39 is 16.6 Å². The van der Waals surface area contributed by atoms with E-state index in [9.17, 15) is 13.5 Å². The minimum absolute atomic E-state index is 0.0175. The summed E-state index contributed by atoms with van der Waals surface area (Å²) in [6.45, 7) is 1.48. The first kappa shape index (κ1) is 17.0. The second-order valence-corrected chi connectivity index (χ2v) is 7.92. The average molecular weight is 352 g/mol. The number of rotatable bonds is 5. The van der Waals surface area contributed by atoms with Gasteiger partial charge in [-0.15, -0.1) is 0 Å². The SMILES string of the molecule is CC(NS(=O)(=O)c1ccc(Cl)c(CO)c1Cl)C1CCCC1. The number of nitrogens with one attached hydrogen (secondary N) is 1. The van der Waals surface area contributed by atoms with Crippen molar-refractivity contribution >= 4 is 33.2 Å². The smallest absolute Gasteiger partial charge is 0.242 e. The van der Waals surface area contributed by atoms with Gasteiger partial charge in [0.25, 0.3) is 0 Å². The van der Waals surface area contributed by atoms with E-state index in [1.165, 1.54) is 12.1 Å². The van der Waals surface area contributed by atoms with Crippen LogP contribution < -0.4 is 4.72 Å². The Morgan fingerprint density at radius 1 is 1.33 bits per heavy atom. The Balaban J connectivity index is 2.27. The standard InChI is InChI=1S/C14H19Cl2NO3S/c1-9(10-4-2-3-5-10)17-21(19,20)13-7-6-12(15)11(8-18)14(13)16/h6-7,9-10,17-18H,2-5,8H2,1H3. The number of sulfonamides is 1. The quantitative estimate of drug-likeness (QED) is 0.854. The van der Waals surface area contributed by atoms with Crippen molar-refractivity contribution in [2.24, 2.45) is 5.92 Å². The summed E-state index contributed by atoms with van der Waals surface area (Å²) < 4.78 is 27.6. The monoisotopic (exact) mass is 351 g/mol. The molecule has 1 atom stereocenters. The van der Waals surface area contributed by atoms with Crippen molar-refractivity contribution in [3.8, 4) is 0 Å². The normalized spacial score (nSPS) is 18.1. The van der Waals surface area contributed by atoms with Crippen LogP contribution in [0.3, 0.4) is 0 Å². The zero-order chi connectivity index (χ0) is 15.6. The van der Waals surface area contributed by atoms with Gasteiger partial charge >= 0.3 is 0 Å². The zero-order valence-corrected chi connectivity index (χ0v) is 14.1. The fourth-order valence-corrected chi connectivity index (χ4v) is 5.00. The van der Waals surface area contributed by atoms with Crippen LogP contribution in [0.1, 0.15) is 38.2 Å². The lowest BCUT2D eigenvalue weighted by molar-refractivity contribution is 0.281. The molecule has 2 N–H and O–H groups in total. The molecule has 1 aromatic rings. The predicted molar refractivity (Wildman–Crippen MR) is 84.1 cm³/mol. The maximum absolute atomic E-state index is 12.5. The van der Waals surface area contributed by atoms with Crippen LogP contribution in [0.15, 0.2) is 17.0 Å². The molecule has 0 bridgehead atoms. The molecule has 0 aliphatic heterocycles. The lowest BCUT2D eigenvalue weighted by Crippen LogP contribution is -2.37. The van der Waals surface area contributed by atoms with Crippen molar-refractivity contribution in [3.63, 3.8) is 0 Å². The molecule has 1 fully saturated rings. The van der Waals surface area contributed by atoms with E-state index in [2.05, 4.69) is 4.72 Å². The van der Waals surface area contributed by atoms with Crippen LogP contribution in [-0.4, -0.2) is 19.6 Å². The number of halogens is 2. The second-order valence-electron chi connectivity index (χ2n) is 5.45. The molecule has 2 rings (SSSR count). The van der Waals surface area contributed by atoms with Gasteiger partial charge in [0.05, 0.1) is 11.6 Å². The van der Waals surface area contributed by atoms with E-state index in [0.717, 1.165) is 25.7 Å². The van der Waals surface area contributed by atoms with Gasteiger partial charge in [-0.25, -0.2) is 13.1 Å². The third kappa shape index (κ3) is 3.71. The highest BCUT2D eigenvalue weighted by Crippen LogP contribution is 2.32. The van der Waals surface area contributed by atoms with Crippen molar-refractivity contribution in [2.45, 2.75) is 50.2 Å². The van der Waals surface area contributed by atoms with Crippen LogP contribution in [0, 0.1) is 5.92 Å². The first-order chi connectivity index (χ1) is 9.86. The third-order valence-electron chi connectivity index (χ3n) is 4.05. The van der Waals surface area contributed by atoms with E-state index in [1.807, 2.05) is 6.92 Å². The van der Waals surface area contributed by atoms with Gasteiger partial charge in [0.2, 0.25) is 10.0 Å². The van der Waals surface area contributed by atoms with Crippen LogP contribution in [0.2, 0.25) is 10.0 Å². The third-order valence-corrected chi connectivity index (χ3v) is 6.55. The average Bonchev–Trinajstić information content (AvgIpc) is 2.92. The Morgan fingerprint density at radius 2 is 1.95 bits per heavy atom. The molecule has 0 aromatic heterocycles. The Kier molecular flexibility index (Phi) is 5.54. The summed E-state index contributed by atoms with van der Waals surface area (Å²) >= 11 is 12.0. The molecule has 7 heteroatoms. The summed E-state index contributed by atoms with van der Waals surface area (Å²) in [5, 5.41) is 9.50. The highest BCUT2D eigenvalue weighted by atomic mass is 35.5. The van der Waals surface area contributed by atoms with Crippen molar-refractivity contribution in [1.82, 2.24) is 4.72 Å². The Morgan fingerprint density at radius 3 is 2.52 bits per heavy atom. The van der Waals surface area contributed by atoms with Gasteiger partial charge < -0.3 is 5.11 Å². The highest BCUT2D eigenvalue weighted by Gasteiger charge is 2.28. The molecule has 1 aliphatic rings. The van der Waals surface area contributed by atoms with E-state index in [0.29, 0.717) is 5.92 Å². The number of hydrogen-bond donors (Lipinski definition) is 2. The minimum atomic E-state index is -3.73. The van der Waals surface area contributed by atoms with Gasteiger partial charge in [0.15, 0.2) is 0 Å². The van der Waals surface area contributed by atoms with E-state index in [4.69, 9.17) is 23.2 Å². The molecule has 0 heterocycles. The fraction of sp³-hybridized carbons (Fsp3) is 0.571. The Bertz CT molecular complexity index is 613. The van der Waals surface area contributed by atoms with Crippen LogP contribution in [0.4, 0.5) is 0 Å².